The number of carbonyl (C=O) groups is 1. The van der Waals surface area contributed by atoms with Crippen molar-refractivity contribution in [3.63, 3.8) is 0 Å². The summed E-state index contributed by atoms with van der Waals surface area (Å²) in [5.41, 5.74) is 5.15. The van der Waals surface area contributed by atoms with Crippen LogP contribution in [-0.4, -0.2) is 16.0 Å². The third kappa shape index (κ3) is 4.45. The second-order valence-electron chi connectivity index (χ2n) is 6.18. The number of nitrogens with one attached hydrogen (secondary N) is 2. The monoisotopic (exact) mass is 346 g/mol. The number of nitrogens with zero attached hydrogens (tertiary/aromatic N) is 2. The predicted octanol–water partition coefficient (Wildman–Crippen LogP) is 4.01. The van der Waals surface area contributed by atoms with Crippen LogP contribution in [0.25, 0.3) is 11.1 Å². The van der Waals surface area contributed by atoms with Gasteiger partial charge < -0.3 is 10.6 Å². The quantitative estimate of drug-likeness (QED) is 0.733. The number of aromatic nitrogens is 2. The summed E-state index contributed by atoms with van der Waals surface area (Å²) in [7, 11) is 0. The van der Waals surface area contributed by atoms with Crippen LogP contribution in [0.15, 0.2) is 67.1 Å². The summed E-state index contributed by atoms with van der Waals surface area (Å²) in [4.78, 5) is 20.6. The van der Waals surface area contributed by atoms with E-state index in [0.29, 0.717) is 6.54 Å². The van der Waals surface area contributed by atoms with Gasteiger partial charge in [0, 0.05) is 18.6 Å². The predicted molar refractivity (Wildman–Crippen MR) is 102 cm³/mol. The van der Waals surface area contributed by atoms with E-state index in [4.69, 9.17) is 0 Å². The smallest absolute Gasteiger partial charge is 0.315 e. The topological polar surface area (TPSA) is 66.9 Å². The molecule has 2 heterocycles. The minimum absolute atomic E-state index is 0.0947. The lowest BCUT2D eigenvalue weighted by molar-refractivity contribution is 0.237. The van der Waals surface area contributed by atoms with Crippen molar-refractivity contribution in [2.24, 2.45) is 0 Å². The van der Waals surface area contributed by atoms with Gasteiger partial charge in [-0.1, -0.05) is 36.4 Å². The van der Waals surface area contributed by atoms with Gasteiger partial charge in [-0.3, -0.25) is 9.97 Å². The summed E-state index contributed by atoms with van der Waals surface area (Å²) in [6, 6.07) is 15.6. The molecule has 3 rings (SSSR count). The SMILES string of the molecule is Cc1cccnc1CNC(=O)N[C@@H](C)c1ccc(-c2cccnc2)cc1. The lowest BCUT2D eigenvalue weighted by Crippen LogP contribution is -2.36. The fourth-order valence-corrected chi connectivity index (χ4v) is 2.70. The highest BCUT2D eigenvalue weighted by atomic mass is 16.2. The van der Waals surface area contributed by atoms with Gasteiger partial charge in [-0.2, -0.15) is 0 Å². The van der Waals surface area contributed by atoms with Crippen LogP contribution >= 0.6 is 0 Å². The summed E-state index contributed by atoms with van der Waals surface area (Å²) in [5.74, 6) is 0. The Kier molecular flexibility index (Phi) is 5.59. The molecule has 0 aliphatic heterocycles. The van der Waals surface area contributed by atoms with Crippen molar-refractivity contribution >= 4 is 6.03 Å². The van der Waals surface area contributed by atoms with Crippen LogP contribution in [0.4, 0.5) is 4.79 Å². The van der Waals surface area contributed by atoms with Gasteiger partial charge in [-0.15, -0.1) is 0 Å². The fraction of sp³-hybridized carbons (Fsp3) is 0.190. The highest BCUT2D eigenvalue weighted by Gasteiger charge is 2.10. The normalized spacial score (nSPS) is 11.6. The van der Waals surface area contributed by atoms with Crippen LogP contribution in [0.2, 0.25) is 0 Å². The van der Waals surface area contributed by atoms with Gasteiger partial charge >= 0.3 is 6.03 Å². The van der Waals surface area contributed by atoms with Gasteiger partial charge in [0.25, 0.3) is 0 Å². The molecule has 5 nitrogen and oxygen atoms in total. The number of aryl methyl sites for hydroxylation is 1. The van der Waals surface area contributed by atoms with Crippen LogP contribution in [0.3, 0.4) is 0 Å². The Morgan fingerprint density at radius 1 is 1.04 bits per heavy atom. The lowest BCUT2D eigenvalue weighted by Gasteiger charge is -2.16. The Bertz CT molecular complexity index is 863. The standard InChI is InChI=1S/C21H22N4O/c1-15-5-3-12-23-20(15)14-24-21(26)25-16(2)17-7-9-18(10-8-17)19-6-4-11-22-13-19/h3-13,16H,14H2,1-2H3,(H2,24,25,26)/t16-/m0/s1. The molecular weight excluding hydrogens is 324 g/mol. The van der Waals surface area contributed by atoms with Gasteiger partial charge in [0.15, 0.2) is 0 Å². The van der Waals surface area contributed by atoms with Crippen molar-refractivity contribution in [3.05, 3.63) is 83.9 Å². The number of hydrogen-bond acceptors (Lipinski definition) is 3. The first-order valence-electron chi connectivity index (χ1n) is 8.58. The first-order chi connectivity index (χ1) is 12.6. The van der Waals surface area contributed by atoms with Crippen molar-refractivity contribution in [3.8, 4) is 11.1 Å². The molecule has 26 heavy (non-hydrogen) atoms. The Hall–Kier alpha value is -3.21. The molecule has 1 atom stereocenters. The third-order valence-corrected chi connectivity index (χ3v) is 4.29. The number of rotatable bonds is 5. The van der Waals surface area contributed by atoms with E-state index in [1.807, 2.05) is 68.6 Å². The van der Waals surface area contributed by atoms with E-state index in [9.17, 15) is 4.79 Å². The Morgan fingerprint density at radius 3 is 2.50 bits per heavy atom. The zero-order chi connectivity index (χ0) is 18.4. The van der Waals surface area contributed by atoms with Crippen molar-refractivity contribution in [2.45, 2.75) is 26.4 Å². The Labute approximate surface area is 153 Å². The van der Waals surface area contributed by atoms with E-state index in [1.165, 1.54) is 0 Å². The van der Waals surface area contributed by atoms with Crippen molar-refractivity contribution in [1.82, 2.24) is 20.6 Å². The van der Waals surface area contributed by atoms with E-state index >= 15 is 0 Å². The largest absolute Gasteiger partial charge is 0.332 e. The molecular formula is C21H22N4O. The zero-order valence-electron chi connectivity index (χ0n) is 14.9. The van der Waals surface area contributed by atoms with E-state index in [2.05, 4.69) is 20.6 Å². The van der Waals surface area contributed by atoms with Crippen molar-refractivity contribution in [1.29, 1.82) is 0 Å². The molecule has 2 amide bonds. The summed E-state index contributed by atoms with van der Waals surface area (Å²) < 4.78 is 0. The molecule has 3 aromatic rings. The number of urea groups is 1. The number of hydrogen-bond donors (Lipinski definition) is 2. The van der Waals surface area contributed by atoms with Gasteiger partial charge in [0.2, 0.25) is 0 Å². The molecule has 0 fully saturated rings. The van der Waals surface area contributed by atoms with Gasteiger partial charge in [-0.25, -0.2) is 4.79 Å². The molecule has 0 saturated carbocycles. The molecule has 0 aliphatic rings. The second kappa shape index (κ2) is 8.25. The summed E-state index contributed by atoms with van der Waals surface area (Å²) >= 11 is 0. The van der Waals surface area contributed by atoms with Crippen LogP contribution in [-0.2, 0) is 6.54 Å². The summed E-state index contributed by atoms with van der Waals surface area (Å²) in [6.07, 6.45) is 5.33. The molecule has 0 bridgehead atoms. The average molecular weight is 346 g/mol. The van der Waals surface area contributed by atoms with Crippen LogP contribution in [0.5, 0.6) is 0 Å². The minimum Gasteiger partial charge on any atom is -0.332 e. The maximum absolute atomic E-state index is 12.1. The highest BCUT2D eigenvalue weighted by molar-refractivity contribution is 5.74. The Morgan fingerprint density at radius 2 is 1.81 bits per heavy atom. The van der Waals surface area contributed by atoms with E-state index in [1.54, 1.807) is 12.4 Å². The zero-order valence-corrected chi connectivity index (χ0v) is 14.9. The molecule has 1 aromatic carbocycles. The van der Waals surface area contributed by atoms with Crippen molar-refractivity contribution in [2.75, 3.05) is 0 Å². The Balaban J connectivity index is 1.56. The molecule has 2 N–H and O–H groups in total. The maximum Gasteiger partial charge on any atom is 0.315 e. The van der Waals surface area contributed by atoms with E-state index < -0.39 is 0 Å². The highest BCUT2D eigenvalue weighted by Crippen LogP contribution is 2.21. The lowest BCUT2D eigenvalue weighted by atomic mass is 10.0. The second-order valence-corrected chi connectivity index (χ2v) is 6.18. The molecule has 0 unspecified atom stereocenters. The fourth-order valence-electron chi connectivity index (χ4n) is 2.70. The van der Waals surface area contributed by atoms with E-state index in [0.717, 1.165) is 27.9 Å². The van der Waals surface area contributed by atoms with Crippen LogP contribution in [0, 0.1) is 6.92 Å². The molecule has 132 valence electrons. The first kappa shape index (κ1) is 17.6. The number of pyridine rings is 2. The molecule has 5 heteroatoms. The molecule has 2 aromatic heterocycles. The number of carbonyl (C=O) groups excluding carboxylic acids is 1. The third-order valence-electron chi connectivity index (χ3n) is 4.29. The average Bonchev–Trinajstić information content (AvgIpc) is 2.68. The molecule has 0 aliphatic carbocycles. The minimum atomic E-state index is -0.209. The molecule has 0 spiro atoms. The van der Waals surface area contributed by atoms with Gasteiger partial charge in [0.05, 0.1) is 18.3 Å². The first-order valence-corrected chi connectivity index (χ1v) is 8.58. The number of benzene rings is 1. The van der Waals surface area contributed by atoms with E-state index in [-0.39, 0.29) is 12.1 Å². The van der Waals surface area contributed by atoms with Gasteiger partial charge in [-0.05, 0) is 48.2 Å². The number of amides is 2. The van der Waals surface area contributed by atoms with Crippen LogP contribution in [0.1, 0.15) is 29.8 Å². The molecule has 0 radical (unpaired) electrons. The molecule has 0 saturated heterocycles. The summed E-state index contributed by atoms with van der Waals surface area (Å²) in [5, 5.41) is 5.81. The summed E-state index contributed by atoms with van der Waals surface area (Å²) in [6.45, 7) is 4.35. The van der Waals surface area contributed by atoms with Crippen molar-refractivity contribution < 1.29 is 4.79 Å². The maximum atomic E-state index is 12.1. The van der Waals surface area contributed by atoms with Crippen LogP contribution < -0.4 is 10.6 Å². The van der Waals surface area contributed by atoms with Gasteiger partial charge in [0.1, 0.15) is 0 Å².